The average molecular weight is 1820 g/mol. The van der Waals surface area contributed by atoms with E-state index in [9.17, 15) is 49.2 Å². The molecule has 5 aliphatic heterocycles. The summed E-state index contributed by atoms with van der Waals surface area (Å²) in [7, 11) is 2.17. The van der Waals surface area contributed by atoms with Crippen molar-refractivity contribution in [1.82, 2.24) is 55.6 Å². The fraction of sp³-hybridized carbons (Fsp3) is 0.550. The van der Waals surface area contributed by atoms with Crippen LogP contribution in [0.3, 0.4) is 0 Å². The number of rotatable bonds is 31. The predicted molar refractivity (Wildman–Crippen MR) is 544 cm³/mol. The number of aliphatic hydroxyl groups is 4. The van der Waals surface area contributed by atoms with Crippen molar-refractivity contribution in [3.05, 3.63) is 254 Å². The fourth-order valence-corrected chi connectivity index (χ4v) is 15.8. The highest BCUT2D eigenvalue weighted by Crippen LogP contribution is 2.27. The van der Waals surface area contributed by atoms with Crippen LogP contribution in [0.1, 0.15) is 337 Å². The number of β-amino-alcohol motifs (C(OH)–C–C–N with tert-alkyl or cyclic N) is 4. The van der Waals surface area contributed by atoms with Crippen molar-refractivity contribution in [3.63, 3.8) is 0 Å². The van der Waals surface area contributed by atoms with Crippen molar-refractivity contribution < 1.29 is 49.2 Å². The summed E-state index contributed by atoms with van der Waals surface area (Å²) < 4.78 is 0. The molecule has 0 aliphatic carbocycles. The summed E-state index contributed by atoms with van der Waals surface area (Å²) in [6.45, 7) is 60.2. The second kappa shape index (κ2) is 59.4. The number of piperazine rings is 1. The van der Waals surface area contributed by atoms with E-state index in [1.54, 1.807) is 14.7 Å². The number of nitrogens with one attached hydrogen (secondary N) is 4. The van der Waals surface area contributed by atoms with Crippen molar-refractivity contribution in [2.45, 2.75) is 261 Å². The highest BCUT2D eigenvalue weighted by molar-refractivity contribution is 5.97. The molecule has 6 amide bonds. The monoisotopic (exact) mass is 1810 g/mol. The summed E-state index contributed by atoms with van der Waals surface area (Å²) in [6, 6.07) is 56.2. The van der Waals surface area contributed by atoms with Gasteiger partial charge in [0.2, 0.25) is 0 Å². The van der Waals surface area contributed by atoms with Crippen molar-refractivity contribution in [1.29, 1.82) is 0 Å². The van der Waals surface area contributed by atoms with Gasteiger partial charge in [-0.05, 0) is 263 Å². The van der Waals surface area contributed by atoms with Crippen LogP contribution in [0.2, 0.25) is 0 Å². The highest BCUT2D eigenvalue weighted by atomic mass is 16.3. The molecule has 7 aromatic rings. The van der Waals surface area contributed by atoms with Crippen LogP contribution in [0.4, 0.5) is 0 Å². The molecule has 4 atom stereocenters. The molecule has 0 saturated carbocycles. The van der Waals surface area contributed by atoms with Crippen molar-refractivity contribution >= 4 is 41.1 Å². The summed E-state index contributed by atoms with van der Waals surface area (Å²) in [5.41, 5.74) is 15.4. The van der Waals surface area contributed by atoms with E-state index in [1.165, 1.54) is 38.9 Å². The van der Waals surface area contributed by atoms with Gasteiger partial charge in [0.25, 0.3) is 35.4 Å². The fourth-order valence-electron chi connectivity index (χ4n) is 15.8. The lowest BCUT2D eigenvalue weighted by Gasteiger charge is -2.33. The van der Waals surface area contributed by atoms with Gasteiger partial charge in [-0.15, -0.1) is 0 Å². The lowest BCUT2D eigenvalue weighted by atomic mass is 10.00. The first-order chi connectivity index (χ1) is 62.9. The van der Waals surface area contributed by atoms with E-state index >= 15 is 0 Å². The van der Waals surface area contributed by atoms with E-state index in [2.05, 4.69) is 203 Å². The van der Waals surface area contributed by atoms with Crippen molar-refractivity contribution in [2.75, 3.05) is 138 Å². The molecular weight excluding hydrogens is 1650 g/mol. The van der Waals surface area contributed by atoms with E-state index in [0.29, 0.717) is 123 Å². The predicted octanol–water partition coefficient (Wildman–Crippen LogP) is 18.4. The molecule has 0 spiro atoms. The minimum absolute atomic E-state index is 0.0138. The number of hydrogen-bond acceptors (Lipinski definition) is 15. The number of amides is 6. The lowest BCUT2D eigenvalue weighted by molar-refractivity contribution is 0.0473. The zero-order valence-electron chi connectivity index (χ0n) is 83.9. The molecule has 5 fully saturated rings. The van der Waals surface area contributed by atoms with Crippen LogP contribution >= 0.6 is 0 Å². The van der Waals surface area contributed by atoms with Crippen LogP contribution in [-0.4, -0.2) is 259 Å². The van der Waals surface area contributed by atoms with E-state index in [0.717, 1.165) is 164 Å². The Morgan fingerprint density at radius 3 is 0.902 bits per heavy atom. The minimum atomic E-state index is -0.363. The number of aliphatic hydroxyl groups excluding tert-OH is 4. The maximum Gasteiger partial charge on any atom is 0.253 e. The molecule has 21 heteroatoms. The van der Waals surface area contributed by atoms with E-state index in [-0.39, 0.29) is 59.9 Å². The molecule has 8 N–H and O–H groups in total. The SMILES string of the molecule is C=C(c1ccc(C(C)C)cc1)N1CCC[C@H](O)C1.CC(C)NCCCNC(=O)c1ccc(C(C)C)cc1.CC(C)c1ccc(C(=O)N2CCC[C@@H](O)C2)cc1.CC(C)c1ccc(C(=O)N2CC[C@@H](O)C2)cc1.CC(C)c1ccc(C(=O)N2CC[C@H](O)C2)cc1.CC(C)c1ccc(C(=O)NCCCN2CCN(C)CC2)cc1.CCN(CC)CCCCNC(=O)c1ccc(C(C)C)cc1. The number of carbonyl (C=O) groups is 6. The largest absolute Gasteiger partial charge is 0.391 e. The van der Waals surface area contributed by atoms with Gasteiger partial charge in [-0.1, -0.05) is 228 Å². The maximum atomic E-state index is 12.2. The van der Waals surface area contributed by atoms with Gasteiger partial charge in [-0.25, -0.2) is 0 Å². The Morgan fingerprint density at radius 2 is 0.606 bits per heavy atom. The smallest absolute Gasteiger partial charge is 0.253 e. The van der Waals surface area contributed by atoms with Crippen molar-refractivity contribution in [3.8, 4) is 0 Å². The van der Waals surface area contributed by atoms with Gasteiger partial charge in [0.15, 0.2) is 0 Å². The van der Waals surface area contributed by atoms with E-state index in [4.69, 9.17) is 0 Å². The Morgan fingerprint density at radius 1 is 0.333 bits per heavy atom. The van der Waals surface area contributed by atoms with Gasteiger partial charge in [-0.3, -0.25) is 28.8 Å². The molecule has 0 radical (unpaired) electrons. The quantitative estimate of drug-likeness (QED) is 0.0188. The number of benzene rings is 7. The molecule has 132 heavy (non-hydrogen) atoms. The third-order valence-electron chi connectivity index (χ3n) is 25.1. The summed E-state index contributed by atoms with van der Waals surface area (Å²) in [5.74, 6) is 3.66. The van der Waals surface area contributed by atoms with Gasteiger partial charge in [-0.2, -0.15) is 0 Å². The maximum absolute atomic E-state index is 12.2. The molecule has 5 saturated heterocycles. The Hall–Kier alpha value is -9.42. The van der Waals surface area contributed by atoms with Crippen LogP contribution in [0.15, 0.2) is 176 Å². The molecular formula is C111H167N11O10. The van der Waals surface area contributed by atoms with Crippen molar-refractivity contribution in [2.24, 2.45) is 0 Å². The van der Waals surface area contributed by atoms with Gasteiger partial charge >= 0.3 is 0 Å². The number of likely N-dealkylation sites (N-methyl/N-ethyl adjacent to an activating group) is 1. The number of hydrogen-bond donors (Lipinski definition) is 8. The molecule has 7 aromatic carbocycles. The zero-order chi connectivity index (χ0) is 96.9. The molecule has 0 bridgehead atoms. The number of carbonyl (C=O) groups excluding carboxylic acids is 6. The third kappa shape index (κ3) is 40.0. The molecule has 5 aliphatic rings. The lowest BCUT2D eigenvalue weighted by Crippen LogP contribution is -2.45. The number of unbranched alkanes of at least 4 members (excludes halogenated alkanes) is 1. The van der Waals surface area contributed by atoms with Gasteiger partial charge in [0.1, 0.15) is 0 Å². The first kappa shape index (κ1) is 111. The number of nitrogens with zero attached hydrogens (tertiary/aromatic N) is 7. The third-order valence-corrected chi connectivity index (χ3v) is 25.1. The molecule has 12 rings (SSSR count). The van der Waals surface area contributed by atoms with Crippen LogP contribution in [0.5, 0.6) is 0 Å². The van der Waals surface area contributed by atoms with E-state index in [1.807, 2.05) is 146 Å². The average Bonchev–Trinajstić information content (AvgIpc) is 1.19. The molecule has 0 aromatic heterocycles. The Bertz CT molecular complexity index is 4310. The Labute approximate surface area is 794 Å². The normalized spacial score (nSPS) is 16.8. The Kier molecular flexibility index (Phi) is 50.1. The topological polar surface area (TPSA) is 254 Å². The molecule has 5 heterocycles. The first-order valence-corrected chi connectivity index (χ1v) is 49.4. The van der Waals surface area contributed by atoms with Crippen LogP contribution in [-0.2, 0) is 0 Å². The van der Waals surface area contributed by atoms with Crippen LogP contribution in [0.25, 0.3) is 5.70 Å². The second-order valence-corrected chi connectivity index (χ2v) is 38.5. The second-order valence-electron chi connectivity index (χ2n) is 38.5. The highest BCUT2D eigenvalue weighted by Gasteiger charge is 2.29. The van der Waals surface area contributed by atoms with Gasteiger partial charge in [0, 0.05) is 143 Å². The summed E-state index contributed by atoms with van der Waals surface area (Å²) in [4.78, 5) is 87.0. The van der Waals surface area contributed by atoms with Crippen LogP contribution in [0, 0.1) is 0 Å². The summed E-state index contributed by atoms with van der Waals surface area (Å²) in [6.07, 6.45) is 7.89. The minimum Gasteiger partial charge on any atom is -0.391 e. The summed E-state index contributed by atoms with van der Waals surface area (Å²) in [5, 5.41) is 50.4. The van der Waals surface area contributed by atoms with Gasteiger partial charge < -0.3 is 76.0 Å². The van der Waals surface area contributed by atoms with E-state index < -0.39 is 0 Å². The van der Waals surface area contributed by atoms with Gasteiger partial charge in [0.05, 0.1) is 24.4 Å². The summed E-state index contributed by atoms with van der Waals surface area (Å²) >= 11 is 0. The molecule has 0 unspecified atom stereocenters. The molecule has 726 valence electrons. The number of likely N-dealkylation sites (tertiary alicyclic amines) is 4. The number of piperidine rings is 2. The standard InChI is InChI=1S/C18H29N3O.C18H30N2O.C16H26N2O.C16H23NO.C15H21NO2.2C14H19NO2/c1-15(2)16-5-7-17(8-6-16)18(22)19-9-4-10-21-13-11-20(3)12-14-21;1-5-20(6-2)14-8-7-13-19-18(21)17-11-9-16(10-12-17)15(3)4;1-12(2)14-6-8-15(9-7-14)16(19)18-11-5-10-17-13(3)4;1-12(2)14-6-8-15(9-7-14)13(3)17-10-4-5-16(18)11-17;1-11(2)12-5-7-13(8-6-12)15(18)16-9-3-4-14(17)10-16;2*1-10(2)11-3-5-12(6-4-11)14(17)15-8-7-13(16)9-15/h5-8,15H,4,9-14H2,1-3H3,(H,19,22);9-12,15H,5-8,13-14H2,1-4H3,(H,19,21);6-9,12-13,17H,5,10-11H2,1-4H3,(H,18,19);6-9,12,16,18H,3-5,10-11H2,1-2H3;5-8,11,14,17H,3-4,9-10H2,1-2H3;2*3-6,10,13,16H,7-9H2,1-2H3/t;;;16-;14-;2*13-/m...0110/s1. The zero-order valence-corrected chi connectivity index (χ0v) is 83.9. The first-order valence-electron chi connectivity index (χ1n) is 49.4. The Balaban J connectivity index is 0.000000237. The van der Waals surface area contributed by atoms with Crippen LogP contribution < -0.4 is 21.3 Å². The molecule has 21 nitrogen and oxygen atoms in total.